The van der Waals surface area contributed by atoms with Crippen molar-refractivity contribution in [3.05, 3.63) is 53.6 Å². The van der Waals surface area contributed by atoms with Crippen LogP contribution in [-0.4, -0.2) is 31.3 Å². The Labute approximate surface area is 173 Å². The van der Waals surface area contributed by atoms with E-state index in [1.807, 2.05) is 50.2 Å². The maximum absolute atomic E-state index is 12.8. The van der Waals surface area contributed by atoms with Crippen LogP contribution in [0.3, 0.4) is 0 Å². The number of carbonyl (C=O) groups is 1. The Morgan fingerprint density at radius 2 is 1.86 bits per heavy atom. The maximum atomic E-state index is 12.8. The second kappa shape index (κ2) is 7.83. The van der Waals surface area contributed by atoms with Gasteiger partial charge in [-0.1, -0.05) is 62.0 Å². The predicted octanol–water partition coefficient (Wildman–Crippen LogP) is 5.06. The number of aromatic nitrogens is 4. The van der Waals surface area contributed by atoms with Gasteiger partial charge in [-0.3, -0.25) is 4.79 Å². The molecule has 0 saturated heterocycles. The molecule has 0 bridgehead atoms. The van der Waals surface area contributed by atoms with Gasteiger partial charge in [-0.05, 0) is 37.0 Å². The lowest BCUT2D eigenvalue weighted by molar-refractivity contribution is -0.115. The number of aryl methyl sites for hydroxylation is 1. The Morgan fingerprint density at radius 1 is 1.07 bits per heavy atom. The standard InChI is InChI=1S/C22H23N5OS/c1-12(2)15-10-7-8-13(3)18(15)24-21(28)14(4)29-22-25-20-19(26-27-22)16-9-5-6-11-17(16)23-20/h5-12,14H,1-4H3,(H,24,28)(H,23,25,27)/t14-/m0/s1. The van der Waals surface area contributed by atoms with E-state index in [2.05, 4.69) is 45.4 Å². The number of H-pyrrole nitrogens is 1. The minimum absolute atomic E-state index is 0.0773. The maximum Gasteiger partial charge on any atom is 0.237 e. The first-order valence-corrected chi connectivity index (χ1v) is 10.5. The number of rotatable bonds is 5. The molecule has 0 fully saturated rings. The Bertz CT molecular complexity index is 1200. The number of para-hydroxylation sites is 2. The average Bonchev–Trinajstić information content (AvgIpc) is 3.06. The van der Waals surface area contributed by atoms with Crippen molar-refractivity contribution < 1.29 is 4.79 Å². The van der Waals surface area contributed by atoms with Crippen LogP contribution >= 0.6 is 11.8 Å². The van der Waals surface area contributed by atoms with E-state index in [0.717, 1.165) is 33.2 Å². The summed E-state index contributed by atoms with van der Waals surface area (Å²) in [5, 5.41) is 12.7. The summed E-state index contributed by atoms with van der Waals surface area (Å²) in [5.74, 6) is 0.247. The predicted molar refractivity (Wildman–Crippen MR) is 118 cm³/mol. The first-order chi connectivity index (χ1) is 13.9. The van der Waals surface area contributed by atoms with E-state index in [1.165, 1.54) is 11.8 Å². The molecule has 2 aromatic carbocycles. The minimum atomic E-state index is -0.363. The second-order valence-electron chi connectivity index (χ2n) is 7.41. The molecule has 0 saturated carbocycles. The van der Waals surface area contributed by atoms with E-state index in [0.29, 0.717) is 16.7 Å². The first kappa shape index (κ1) is 19.4. The van der Waals surface area contributed by atoms with Crippen molar-refractivity contribution in [2.45, 2.75) is 44.0 Å². The number of amides is 1. The summed E-state index contributed by atoms with van der Waals surface area (Å²) in [6.45, 7) is 8.11. The minimum Gasteiger partial charge on any atom is -0.338 e. The quantitative estimate of drug-likeness (QED) is 0.454. The number of aromatic amines is 1. The molecule has 0 aliphatic carbocycles. The molecular weight excluding hydrogens is 382 g/mol. The van der Waals surface area contributed by atoms with Crippen LogP contribution in [0.5, 0.6) is 0 Å². The summed E-state index contributed by atoms with van der Waals surface area (Å²) in [7, 11) is 0. The molecule has 4 rings (SSSR count). The third-order valence-electron chi connectivity index (χ3n) is 4.93. The van der Waals surface area contributed by atoms with Gasteiger partial charge in [0, 0.05) is 16.6 Å². The highest BCUT2D eigenvalue weighted by atomic mass is 32.2. The summed E-state index contributed by atoms with van der Waals surface area (Å²) >= 11 is 1.30. The van der Waals surface area contributed by atoms with Crippen molar-refractivity contribution in [1.82, 2.24) is 20.2 Å². The largest absolute Gasteiger partial charge is 0.338 e. The van der Waals surface area contributed by atoms with Crippen LogP contribution < -0.4 is 5.32 Å². The van der Waals surface area contributed by atoms with E-state index in [1.54, 1.807) is 0 Å². The van der Waals surface area contributed by atoms with Gasteiger partial charge in [-0.15, -0.1) is 10.2 Å². The third-order valence-corrected chi connectivity index (χ3v) is 5.88. The Hall–Kier alpha value is -2.93. The summed E-state index contributed by atoms with van der Waals surface area (Å²) < 4.78 is 0. The molecule has 1 atom stereocenters. The highest BCUT2D eigenvalue weighted by molar-refractivity contribution is 8.00. The van der Waals surface area contributed by atoms with Crippen LogP contribution in [0.4, 0.5) is 5.69 Å². The van der Waals surface area contributed by atoms with Crippen LogP contribution in [0, 0.1) is 6.92 Å². The molecule has 4 aromatic rings. The molecule has 0 aliphatic rings. The number of anilines is 1. The number of benzene rings is 2. The topological polar surface area (TPSA) is 83.6 Å². The van der Waals surface area contributed by atoms with Crippen molar-refractivity contribution in [2.75, 3.05) is 5.32 Å². The van der Waals surface area contributed by atoms with Gasteiger partial charge in [0.25, 0.3) is 0 Å². The van der Waals surface area contributed by atoms with Gasteiger partial charge < -0.3 is 10.3 Å². The molecule has 6 nitrogen and oxygen atoms in total. The normalized spacial score (nSPS) is 12.6. The van der Waals surface area contributed by atoms with E-state index in [9.17, 15) is 4.79 Å². The molecule has 2 heterocycles. The van der Waals surface area contributed by atoms with Crippen LogP contribution in [-0.2, 0) is 4.79 Å². The number of nitrogens with zero attached hydrogens (tertiary/aromatic N) is 3. The molecule has 7 heteroatoms. The van der Waals surface area contributed by atoms with Crippen LogP contribution in [0.2, 0.25) is 0 Å². The SMILES string of the molecule is Cc1cccc(C(C)C)c1NC(=O)[C@H](C)Sc1nnc2c(n1)[nH]c1ccccc12. The van der Waals surface area contributed by atoms with Gasteiger partial charge in [0.15, 0.2) is 5.65 Å². The summed E-state index contributed by atoms with van der Waals surface area (Å²) in [4.78, 5) is 20.7. The molecule has 2 N–H and O–H groups in total. The van der Waals surface area contributed by atoms with Gasteiger partial charge in [0.2, 0.25) is 11.1 Å². The molecule has 0 radical (unpaired) electrons. The van der Waals surface area contributed by atoms with Gasteiger partial charge >= 0.3 is 0 Å². The molecule has 148 valence electrons. The monoisotopic (exact) mass is 405 g/mol. The fourth-order valence-electron chi connectivity index (χ4n) is 3.33. The van der Waals surface area contributed by atoms with Crippen molar-refractivity contribution in [1.29, 1.82) is 0 Å². The van der Waals surface area contributed by atoms with Crippen molar-refractivity contribution in [2.24, 2.45) is 0 Å². The van der Waals surface area contributed by atoms with Crippen LogP contribution in [0.1, 0.15) is 37.8 Å². The zero-order valence-corrected chi connectivity index (χ0v) is 17.7. The van der Waals surface area contributed by atoms with E-state index >= 15 is 0 Å². The van der Waals surface area contributed by atoms with Gasteiger partial charge in [0.1, 0.15) is 5.52 Å². The molecule has 0 unspecified atom stereocenters. The zero-order valence-electron chi connectivity index (χ0n) is 16.9. The van der Waals surface area contributed by atoms with Gasteiger partial charge in [-0.25, -0.2) is 4.98 Å². The van der Waals surface area contributed by atoms with E-state index < -0.39 is 0 Å². The fourth-order valence-corrected chi connectivity index (χ4v) is 4.05. The highest BCUT2D eigenvalue weighted by Gasteiger charge is 2.20. The van der Waals surface area contributed by atoms with Crippen LogP contribution in [0.15, 0.2) is 47.6 Å². The van der Waals surface area contributed by atoms with Gasteiger partial charge in [-0.2, -0.15) is 0 Å². The molecule has 0 spiro atoms. The summed E-state index contributed by atoms with van der Waals surface area (Å²) in [5.41, 5.74) is 5.47. The Balaban J connectivity index is 1.54. The number of hydrogen-bond acceptors (Lipinski definition) is 5. The van der Waals surface area contributed by atoms with Crippen LogP contribution in [0.25, 0.3) is 22.1 Å². The number of fused-ring (bicyclic) bond motifs is 3. The number of thioether (sulfide) groups is 1. The average molecular weight is 406 g/mol. The summed E-state index contributed by atoms with van der Waals surface area (Å²) in [6.07, 6.45) is 0. The smallest absolute Gasteiger partial charge is 0.237 e. The fraction of sp³-hybridized carbons (Fsp3) is 0.273. The number of carbonyl (C=O) groups excluding carboxylic acids is 1. The third kappa shape index (κ3) is 3.82. The lowest BCUT2D eigenvalue weighted by Gasteiger charge is -2.18. The molecule has 2 aromatic heterocycles. The van der Waals surface area contributed by atoms with Crippen molar-refractivity contribution in [3.63, 3.8) is 0 Å². The van der Waals surface area contributed by atoms with Crippen molar-refractivity contribution in [3.8, 4) is 0 Å². The zero-order chi connectivity index (χ0) is 20.5. The molecular formula is C22H23N5OS. The first-order valence-electron chi connectivity index (χ1n) is 9.62. The van der Waals surface area contributed by atoms with E-state index in [-0.39, 0.29) is 11.2 Å². The number of hydrogen-bond donors (Lipinski definition) is 2. The molecule has 0 aliphatic heterocycles. The molecule has 29 heavy (non-hydrogen) atoms. The number of nitrogens with one attached hydrogen (secondary N) is 2. The van der Waals surface area contributed by atoms with E-state index in [4.69, 9.17) is 0 Å². The Morgan fingerprint density at radius 3 is 2.66 bits per heavy atom. The molecule has 1 amide bonds. The second-order valence-corrected chi connectivity index (χ2v) is 8.71. The lowest BCUT2D eigenvalue weighted by Crippen LogP contribution is -2.24. The Kier molecular flexibility index (Phi) is 5.24. The van der Waals surface area contributed by atoms with Crippen molar-refractivity contribution >= 4 is 45.4 Å². The highest BCUT2D eigenvalue weighted by Crippen LogP contribution is 2.29. The lowest BCUT2D eigenvalue weighted by atomic mass is 9.98. The van der Waals surface area contributed by atoms with Gasteiger partial charge in [0.05, 0.1) is 5.25 Å². The summed E-state index contributed by atoms with van der Waals surface area (Å²) in [6, 6.07) is 14.0.